The lowest BCUT2D eigenvalue weighted by Crippen LogP contribution is -2.40. The number of benzene rings is 1. The van der Waals surface area contributed by atoms with Gasteiger partial charge in [-0.05, 0) is 31.0 Å². The monoisotopic (exact) mass is 307 g/mol. The topological polar surface area (TPSA) is 74.7 Å². The Kier molecular flexibility index (Phi) is 3.80. The molecule has 1 heterocycles. The molecule has 0 aliphatic carbocycles. The molecule has 1 aliphatic heterocycles. The highest BCUT2D eigenvalue weighted by atomic mass is 35.5. The summed E-state index contributed by atoms with van der Waals surface area (Å²) in [4.78, 5) is 10.8. The van der Waals surface area contributed by atoms with Crippen LogP contribution in [-0.2, 0) is 14.8 Å². The highest BCUT2D eigenvalue weighted by molar-refractivity contribution is 7.89. The van der Waals surface area contributed by atoms with Gasteiger partial charge in [0.15, 0.2) is 0 Å². The first-order chi connectivity index (χ1) is 8.84. The van der Waals surface area contributed by atoms with E-state index in [0.29, 0.717) is 6.42 Å². The van der Waals surface area contributed by atoms with Gasteiger partial charge in [0, 0.05) is 6.54 Å². The molecular formula is C11H11ClFNO4S. The van der Waals surface area contributed by atoms with E-state index >= 15 is 0 Å². The zero-order chi connectivity index (χ0) is 14.2. The van der Waals surface area contributed by atoms with Crippen LogP contribution in [0.2, 0.25) is 5.02 Å². The molecular weight excluding hydrogens is 297 g/mol. The van der Waals surface area contributed by atoms with E-state index in [0.717, 1.165) is 22.5 Å². The average Bonchev–Trinajstić information content (AvgIpc) is 2.82. The summed E-state index contributed by atoms with van der Waals surface area (Å²) >= 11 is 5.55. The van der Waals surface area contributed by atoms with Crippen molar-refractivity contribution < 1.29 is 22.7 Å². The number of carboxylic acids is 1. The molecule has 1 saturated heterocycles. The molecule has 1 aromatic rings. The van der Waals surface area contributed by atoms with Crippen LogP contribution >= 0.6 is 11.6 Å². The van der Waals surface area contributed by atoms with Crippen LogP contribution in [0.15, 0.2) is 23.1 Å². The quantitative estimate of drug-likeness (QED) is 0.922. The minimum Gasteiger partial charge on any atom is -0.480 e. The maximum atomic E-state index is 13.0. The highest BCUT2D eigenvalue weighted by Gasteiger charge is 2.39. The molecule has 1 N–H and O–H groups in total. The van der Waals surface area contributed by atoms with E-state index in [4.69, 9.17) is 16.7 Å². The Balaban J connectivity index is 2.42. The second-order valence-electron chi connectivity index (χ2n) is 4.19. The second kappa shape index (κ2) is 5.07. The van der Waals surface area contributed by atoms with Gasteiger partial charge in [0.2, 0.25) is 10.0 Å². The number of halogens is 2. The van der Waals surface area contributed by atoms with Crippen molar-refractivity contribution in [2.24, 2.45) is 0 Å². The Morgan fingerprint density at radius 2 is 2.16 bits per heavy atom. The van der Waals surface area contributed by atoms with Crippen molar-refractivity contribution in [1.29, 1.82) is 0 Å². The fourth-order valence-electron chi connectivity index (χ4n) is 2.05. The van der Waals surface area contributed by atoms with E-state index in [-0.39, 0.29) is 22.9 Å². The number of rotatable bonds is 3. The van der Waals surface area contributed by atoms with Gasteiger partial charge >= 0.3 is 5.97 Å². The first-order valence-corrected chi connectivity index (χ1v) is 7.35. The number of nitrogens with zero attached hydrogens (tertiary/aromatic N) is 1. The van der Waals surface area contributed by atoms with Gasteiger partial charge in [0.05, 0.1) is 9.92 Å². The first kappa shape index (κ1) is 14.2. The Morgan fingerprint density at radius 3 is 2.74 bits per heavy atom. The van der Waals surface area contributed by atoms with E-state index in [1.807, 2.05) is 0 Å². The summed E-state index contributed by atoms with van der Waals surface area (Å²) in [5.41, 5.74) is 0. The third-order valence-corrected chi connectivity index (χ3v) is 5.18. The third-order valence-electron chi connectivity index (χ3n) is 2.99. The van der Waals surface area contributed by atoms with Crippen LogP contribution in [0.3, 0.4) is 0 Å². The fraction of sp³-hybridized carbons (Fsp3) is 0.364. The zero-order valence-corrected chi connectivity index (χ0v) is 11.3. The van der Waals surface area contributed by atoms with Gasteiger partial charge in [-0.2, -0.15) is 4.31 Å². The normalized spacial score (nSPS) is 20.6. The molecule has 0 spiro atoms. The molecule has 1 fully saturated rings. The Morgan fingerprint density at radius 1 is 1.47 bits per heavy atom. The van der Waals surface area contributed by atoms with Crippen LogP contribution in [-0.4, -0.2) is 36.4 Å². The molecule has 0 amide bonds. The summed E-state index contributed by atoms with van der Waals surface area (Å²) in [6, 6.07) is 1.94. The predicted octanol–water partition coefficient (Wildman–Crippen LogP) is 1.72. The summed E-state index contributed by atoms with van der Waals surface area (Å²) in [5, 5.41) is 8.69. The molecule has 2 rings (SSSR count). The predicted molar refractivity (Wildman–Crippen MR) is 66.0 cm³/mol. The summed E-state index contributed by atoms with van der Waals surface area (Å²) in [5.74, 6) is -1.91. The lowest BCUT2D eigenvalue weighted by Gasteiger charge is -2.21. The van der Waals surface area contributed by atoms with Gasteiger partial charge in [-0.15, -0.1) is 0 Å². The van der Waals surface area contributed by atoms with Crippen molar-refractivity contribution in [2.75, 3.05) is 6.54 Å². The molecule has 19 heavy (non-hydrogen) atoms. The van der Waals surface area contributed by atoms with Gasteiger partial charge in [-0.25, -0.2) is 12.8 Å². The van der Waals surface area contributed by atoms with Gasteiger partial charge in [0.25, 0.3) is 0 Å². The van der Waals surface area contributed by atoms with Gasteiger partial charge in [0.1, 0.15) is 11.9 Å². The van der Waals surface area contributed by atoms with Crippen LogP contribution in [0, 0.1) is 5.82 Å². The molecule has 0 radical (unpaired) electrons. The molecule has 1 atom stereocenters. The first-order valence-electron chi connectivity index (χ1n) is 5.54. The number of hydrogen-bond acceptors (Lipinski definition) is 3. The highest BCUT2D eigenvalue weighted by Crippen LogP contribution is 2.28. The summed E-state index contributed by atoms with van der Waals surface area (Å²) in [7, 11) is -3.97. The minimum atomic E-state index is -3.97. The molecule has 1 aromatic carbocycles. The number of carbonyl (C=O) groups is 1. The Hall–Kier alpha value is -1.18. The fourth-order valence-corrected chi connectivity index (χ4v) is 3.97. The van der Waals surface area contributed by atoms with Crippen molar-refractivity contribution >= 4 is 27.6 Å². The van der Waals surface area contributed by atoms with Gasteiger partial charge in [-0.3, -0.25) is 4.79 Å². The van der Waals surface area contributed by atoms with Gasteiger partial charge in [-0.1, -0.05) is 11.6 Å². The van der Waals surface area contributed by atoms with E-state index in [1.165, 1.54) is 0 Å². The Bertz CT molecular complexity index is 619. The van der Waals surface area contributed by atoms with Crippen LogP contribution < -0.4 is 0 Å². The number of hydrogen-bond donors (Lipinski definition) is 1. The third kappa shape index (κ3) is 2.58. The summed E-state index contributed by atoms with van der Waals surface area (Å²) in [6.45, 7) is 0.133. The van der Waals surface area contributed by atoms with Crippen molar-refractivity contribution in [1.82, 2.24) is 4.31 Å². The van der Waals surface area contributed by atoms with Crippen LogP contribution in [0.4, 0.5) is 4.39 Å². The average molecular weight is 308 g/mol. The number of aliphatic carboxylic acids is 1. The summed E-state index contributed by atoms with van der Waals surface area (Å²) in [6.07, 6.45) is 0.745. The SMILES string of the molecule is O=C(O)[C@H]1CCCN1S(=O)(=O)c1ccc(F)c(Cl)c1. The Labute approximate surface area is 114 Å². The van der Waals surface area contributed by atoms with Crippen molar-refractivity contribution in [3.05, 3.63) is 29.0 Å². The van der Waals surface area contributed by atoms with Crippen LogP contribution in [0.1, 0.15) is 12.8 Å². The largest absolute Gasteiger partial charge is 0.480 e. The van der Waals surface area contributed by atoms with E-state index in [1.54, 1.807) is 0 Å². The molecule has 0 saturated carbocycles. The molecule has 8 heteroatoms. The molecule has 0 bridgehead atoms. The van der Waals surface area contributed by atoms with E-state index in [9.17, 15) is 17.6 Å². The van der Waals surface area contributed by atoms with E-state index in [2.05, 4.69) is 0 Å². The van der Waals surface area contributed by atoms with E-state index < -0.39 is 27.9 Å². The maximum absolute atomic E-state index is 13.0. The number of sulfonamides is 1. The van der Waals surface area contributed by atoms with Crippen LogP contribution in [0.25, 0.3) is 0 Å². The standard InChI is InChI=1S/C11H11ClFNO4S/c12-8-6-7(3-4-9(8)13)19(17,18)14-5-1-2-10(14)11(15)16/h3-4,6,10H,1-2,5H2,(H,15,16)/t10-/m1/s1. The molecule has 5 nitrogen and oxygen atoms in total. The summed E-state index contributed by atoms with van der Waals surface area (Å²) < 4.78 is 38.5. The zero-order valence-electron chi connectivity index (χ0n) is 9.71. The minimum absolute atomic E-state index is 0.133. The van der Waals surface area contributed by atoms with Crippen molar-refractivity contribution in [3.63, 3.8) is 0 Å². The maximum Gasteiger partial charge on any atom is 0.322 e. The lowest BCUT2D eigenvalue weighted by molar-refractivity contribution is -0.140. The van der Waals surface area contributed by atoms with Crippen LogP contribution in [0.5, 0.6) is 0 Å². The lowest BCUT2D eigenvalue weighted by atomic mass is 10.2. The van der Waals surface area contributed by atoms with Crippen molar-refractivity contribution in [3.8, 4) is 0 Å². The molecule has 1 aliphatic rings. The molecule has 0 aromatic heterocycles. The molecule has 104 valence electrons. The second-order valence-corrected chi connectivity index (χ2v) is 6.49. The van der Waals surface area contributed by atoms with Gasteiger partial charge < -0.3 is 5.11 Å². The smallest absolute Gasteiger partial charge is 0.322 e. The number of carboxylic acid groups (broad SMARTS) is 1. The molecule has 0 unspecified atom stereocenters. The van der Waals surface area contributed by atoms with Crippen molar-refractivity contribution in [2.45, 2.75) is 23.8 Å².